The van der Waals surface area contributed by atoms with E-state index in [0.717, 1.165) is 6.42 Å². The van der Waals surface area contributed by atoms with Crippen LogP contribution in [0.1, 0.15) is 18.1 Å². The van der Waals surface area contributed by atoms with Crippen molar-refractivity contribution in [3.63, 3.8) is 0 Å². The van der Waals surface area contributed by atoms with Crippen molar-refractivity contribution < 1.29 is 0 Å². The van der Waals surface area contributed by atoms with Gasteiger partial charge in [0.25, 0.3) is 0 Å². The summed E-state index contributed by atoms with van der Waals surface area (Å²) in [5.41, 5.74) is 5.14. The van der Waals surface area contributed by atoms with E-state index >= 15 is 0 Å². The lowest BCUT2D eigenvalue weighted by Crippen LogP contribution is -1.83. The highest BCUT2D eigenvalue weighted by Crippen LogP contribution is 2.20. The molecule has 0 heterocycles. The van der Waals surface area contributed by atoms with Gasteiger partial charge in [-0.2, -0.15) is 0 Å². The molecule has 0 amide bonds. The molecule has 0 aliphatic heterocycles. The largest absolute Gasteiger partial charge is 0.0613 e. The summed E-state index contributed by atoms with van der Waals surface area (Å²) in [4.78, 5) is 0. The van der Waals surface area contributed by atoms with E-state index in [4.69, 9.17) is 0 Å². The average Bonchev–Trinajstić information content (AvgIpc) is 2.30. The maximum Gasteiger partial charge on any atom is -0.0149 e. The molecule has 0 bridgehead atoms. The minimum Gasteiger partial charge on any atom is -0.0613 e. The average molecular weight is 195 g/mol. The lowest BCUT2D eigenvalue weighted by molar-refractivity contribution is 1.14. The normalized spacial score (nSPS) is 10.3. The minimum atomic E-state index is 1.04. The molecule has 1 radical (unpaired) electrons. The standard InChI is InChI=1S/C15H15/c1-3-13-5-4-6-15(11-13)14-9-7-12(2)8-10-14/h4,6-11H,3H2,1-2H3. The molecule has 0 spiro atoms. The van der Waals surface area contributed by atoms with Gasteiger partial charge in [0.05, 0.1) is 0 Å². The third-order valence-electron chi connectivity index (χ3n) is 2.63. The zero-order chi connectivity index (χ0) is 10.7. The van der Waals surface area contributed by atoms with Crippen molar-refractivity contribution in [2.24, 2.45) is 0 Å². The van der Waals surface area contributed by atoms with Gasteiger partial charge < -0.3 is 0 Å². The molecule has 0 unspecified atom stereocenters. The summed E-state index contributed by atoms with van der Waals surface area (Å²) in [5.74, 6) is 0. The van der Waals surface area contributed by atoms with E-state index in [0.29, 0.717) is 0 Å². The van der Waals surface area contributed by atoms with E-state index in [2.05, 4.69) is 56.3 Å². The predicted molar refractivity (Wildman–Crippen MR) is 64.8 cm³/mol. The molecule has 0 N–H and O–H groups in total. The molecule has 0 aliphatic rings. The second kappa shape index (κ2) is 4.31. The van der Waals surface area contributed by atoms with E-state index in [1.54, 1.807) is 0 Å². The Bertz CT molecular complexity index is 438. The van der Waals surface area contributed by atoms with Crippen LogP contribution < -0.4 is 0 Å². The van der Waals surface area contributed by atoms with Gasteiger partial charge in [-0.15, -0.1) is 0 Å². The molecule has 15 heavy (non-hydrogen) atoms. The van der Waals surface area contributed by atoms with Gasteiger partial charge in [0.1, 0.15) is 0 Å². The smallest absolute Gasteiger partial charge is 0.0149 e. The molecule has 2 aromatic rings. The fourth-order valence-corrected chi connectivity index (χ4v) is 1.65. The molecule has 0 aliphatic carbocycles. The van der Waals surface area contributed by atoms with Crippen LogP contribution in [-0.4, -0.2) is 0 Å². The second-order valence-corrected chi connectivity index (χ2v) is 3.82. The summed E-state index contributed by atoms with van der Waals surface area (Å²) < 4.78 is 0. The Morgan fingerprint density at radius 2 is 1.73 bits per heavy atom. The molecule has 2 rings (SSSR count). The number of aryl methyl sites for hydroxylation is 2. The van der Waals surface area contributed by atoms with Crippen LogP contribution in [0.2, 0.25) is 0 Å². The van der Waals surface area contributed by atoms with Crippen LogP contribution in [0.5, 0.6) is 0 Å². The monoisotopic (exact) mass is 195 g/mol. The number of hydrogen-bond acceptors (Lipinski definition) is 0. The van der Waals surface area contributed by atoms with E-state index < -0.39 is 0 Å². The Morgan fingerprint density at radius 3 is 2.40 bits per heavy atom. The van der Waals surface area contributed by atoms with Crippen molar-refractivity contribution in [1.29, 1.82) is 0 Å². The highest BCUT2D eigenvalue weighted by atomic mass is 14.0. The Labute approximate surface area is 91.6 Å². The molecule has 2 aromatic carbocycles. The quantitative estimate of drug-likeness (QED) is 0.678. The Balaban J connectivity index is 2.40. The maximum atomic E-state index is 3.24. The van der Waals surface area contributed by atoms with Crippen LogP contribution in [-0.2, 0) is 6.42 Å². The van der Waals surface area contributed by atoms with Gasteiger partial charge in [-0.05, 0) is 36.1 Å². The summed E-state index contributed by atoms with van der Waals surface area (Å²) in [7, 11) is 0. The molecule has 0 aromatic heterocycles. The molecule has 0 nitrogen and oxygen atoms in total. The summed E-state index contributed by atoms with van der Waals surface area (Å²) >= 11 is 0. The van der Waals surface area contributed by atoms with Crippen LogP contribution >= 0.6 is 0 Å². The first-order valence-corrected chi connectivity index (χ1v) is 5.37. The minimum absolute atomic E-state index is 1.04. The molecule has 0 heteroatoms. The number of benzene rings is 2. The molecule has 0 saturated carbocycles. The summed E-state index contributed by atoms with van der Waals surface area (Å²) in [6.07, 6.45) is 1.04. The topological polar surface area (TPSA) is 0 Å². The first-order valence-electron chi connectivity index (χ1n) is 5.37. The zero-order valence-electron chi connectivity index (χ0n) is 9.25. The Hall–Kier alpha value is -1.56. The summed E-state index contributed by atoms with van der Waals surface area (Å²) in [6, 6.07) is 18.2. The van der Waals surface area contributed by atoms with E-state index in [-0.39, 0.29) is 0 Å². The number of hydrogen-bond donors (Lipinski definition) is 0. The number of rotatable bonds is 2. The summed E-state index contributed by atoms with van der Waals surface area (Å²) in [6.45, 7) is 4.27. The van der Waals surface area contributed by atoms with Crippen LogP contribution in [0.15, 0.2) is 42.5 Å². The molecule has 0 atom stereocenters. The van der Waals surface area contributed by atoms with Gasteiger partial charge in [0, 0.05) is 0 Å². The first-order chi connectivity index (χ1) is 7.29. The van der Waals surface area contributed by atoms with Crippen molar-refractivity contribution in [2.75, 3.05) is 0 Å². The highest BCUT2D eigenvalue weighted by molar-refractivity contribution is 5.64. The SMILES string of the molecule is CCc1[c]ccc(-c2ccc(C)cc2)c1. The highest BCUT2D eigenvalue weighted by Gasteiger charge is 1.97. The van der Waals surface area contributed by atoms with E-state index in [1.807, 2.05) is 6.07 Å². The van der Waals surface area contributed by atoms with Crippen molar-refractivity contribution in [1.82, 2.24) is 0 Å². The molecular formula is C15H15. The van der Waals surface area contributed by atoms with Gasteiger partial charge in [-0.25, -0.2) is 0 Å². The summed E-state index contributed by atoms with van der Waals surface area (Å²) in [5, 5.41) is 0. The molecule has 0 saturated heterocycles. The zero-order valence-corrected chi connectivity index (χ0v) is 9.25. The lowest BCUT2D eigenvalue weighted by Gasteiger charge is -2.04. The van der Waals surface area contributed by atoms with Gasteiger partial charge >= 0.3 is 0 Å². The Morgan fingerprint density at radius 1 is 1.00 bits per heavy atom. The van der Waals surface area contributed by atoms with Gasteiger partial charge in [0.15, 0.2) is 0 Å². The predicted octanol–water partition coefficient (Wildman–Crippen LogP) is 4.02. The van der Waals surface area contributed by atoms with Crippen molar-refractivity contribution >= 4 is 0 Å². The van der Waals surface area contributed by atoms with Crippen molar-refractivity contribution in [3.8, 4) is 11.1 Å². The molecule has 75 valence electrons. The molecule has 0 fully saturated rings. The molecular weight excluding hydrogens is 180 g/mol. The third-order valence-corrected chi connectivity index (χ3v) is 2.63. The third kappa shape index (κ3) is 2.27. The second-order valence-electron chi connectivity index (χ2n) is 3.82. The van der Waals surface area contributed by atoms with Crippen LogP contribution in [0, 0.1) is 13.0 Å². The van der Waals surface area contributed by atoms with E-state index in [1.165, 1.54) is 22.3 Å². The van der Waals surface area contributed by atoms with Gasteiger partial charge in [0.2, 0.25) is 0 Å². The van der Waals surface area contributed by atoms with Crippen molar-refractivity contribution in [3.05, 3.63) is 59.7 Å². The van der Waals surface area contributed by atoms with Crippen LogP contribution in [0.3, 0.4) is 0 Å². The van der Waals surface area contributed by atoms with Gasteiger partial charge in [-0.1, -0.05) is 55.0 Å². The van der Waals surface area contributed by atoms with E-state index in [9.17, 15) is 0 Å². The van der Waals surface area contributed by atoms with Gasteiger partial charge in [-0.3, -0.25) is 0 Å². The van der Waals surface area contributed by atoms with Crippen molar-refractivity contribution in [2.45, 2.75) is 20.3 Å². The first kappa shape index (κ1) is 9.97. The fraction of sp³-hybridized carbons (Fsp3) is 0.200. The fourth-order valence-electron chi connectivity index (χ4n) is 1.65. The maximum absolute atomic E-state index is 3.24. The lowest BCUT2D eigenvalue weighted by atomic mass is 10.0. The van der Waals surface area contributed by atoms with Crippen LogP contribution in [0.4, 0.5) is 0 Å². The van der Waals surface area contributed by atoms with Crippen LogP contribution in [0.25, 0.3) is 11.1 Å². The Kier molecular flexibility index (Phi) is 2.86.